The van der Waals surface area contributed by atoms with Gasteiger partial charge in [0.05, 0.1) is 4.47 Å². The lowest BCUT2D eigenvalue weighted by atomic mass is 10.2. The van der Waals surface area contributed by atoms with E-state index in [-0.39, 0.29) is 0 Å². The van der Waals surface area contributed by atoms with Crippen molar-refractivity contribution >= 4 is 31.9 Å². The van der Waals surface area contributed by atoms with E-state index in [1.807, 2.05) is 18.2 Å². The first-order valence-electron chi connectivity index (χ1n) is 7.05. The van der Waals surface area contributed by atoms with Crippen LogP contribution in [-0.4, -0.2) is 6.54 Å². The Morgan fingerprint density at radius 2 is 1.71 bits per heavy atom. The Labute approximate surface area is 143 Å². The number of ether oxygens (including phenoxy) is 1. The smallest absolute Gasteiger partial charge is 0.134 e. The normalized spacial score (nSPS) is 10.6. The lowest BCUT2D eigenvalue weighted by Crippen LogP contribution is -2.13. The zero-order valence-electron chi connectivity index (χ0n) is 12.0. The van der Waals surface area contributed by atoms with Gasteiger partial charge in [0.1, 0.15) is 12.4 Å². The summed E-state index contributed by atoms with van der Waals surface area (Å²) in [5.74, 6) is 0.872. The zero-order chi connectivity index (χ0) is 15.1. The highest BCUT2D eigenvalue weighted by atomic mass is 79.9. The molecule has 2 aromatic carbocycles. The average molecular weight is 413 g/mol. The predicted octanol–water partition coefficient (Wildman–Crippen LogP) is 5.29. The first-order chi connectivity index (χ1) is 10.2. The van der Waals surface area contributed by atoms with Crippen LogP contribution in [0.3, 0.4) is 0 Å². The molecule has 0 atom stereocenters. The van der Waals surface area contributed by atoms with Crippen molar-refractivity contribution in [3.8, 4) is 5.75 Å². The predicted molar refractivity (Wildman–Crippen MR) is 94.6 cm³/mol. The topological polar surface area (TPSA) is 21.3 Å². The Hall–Kier alpha value is -0.840. The Morgan fingerprint density at radius 3 is 2.38 bits per heavy atom. The SMILES string of the molecule is CCCNCc1ccc(OCc2ccc(Br)cc2)c(Br)c1. The van der Waals surface area contributed by atoms with Crippen LogP contribution in [0, 0.1) is 0 Å². The van der Waals surface area contributed by atoms with Crippen LogP contribution in [0.4, 0.5) is 0 Å². The molecule has 0 saturated heterocycles. The number of rotatable bonds is 7. The number of halogens is 2. The molecule has 112 valence electrons. The highest BCUT2D eigenvalue weighted by Gasteiger charge is 2.03. The van der Waals surface area contributed by atoms with Crippen LogP contribution in [0.5, 0.6) is 5.75 Å². The third-order valence-electron chi connectivity index (χ3n) is 3.06. The minimum absolute atomic E-state index is 0.569. The fourth-order valence-electron chi connectivity index (χ4n) is 1.92. The quantitative estimate of drug-likeness (QED) is 0.623. The van der Waals surface area contributed by atoms with Crippen molar-refractivity contribution in [2.75, 3.05) is 6.54 Å². The maximum Gasteiger partial charge on any atom is 0.134 e. The molecule has 0 unspecified atom stereocenters. The van der Waals surface area contributed by atoms with Gasteiger partial charge in [0.2, 0.25) is 0 Å². The van der Waals surface area contributed by atoms with Crippen LogP contribution in [0.1, 0.15) is 24.5 Å². The van der Waals surface area contributed by atoms with Crippen LogP contribution in [0.25, 0.3) is 0 Å². The van der Waals surface area contributed by atoms with E-state index in [1.54, 1.807) is 0 Å². The maximum absolute atomic E-state index is 5.86. The van der Waals surface area contributed by atoms with Gasteiger partial charge in [-0.1, -0.05) is 41.1 Å². The van der Waals surface area contributed by atoms with Gasteiger partial charge in [-0.25, -0.2) is 0 Å². The summed E-state index contributed by atoms with van der Waals surface area (Å²) in [6, 6.07) is 14.4. The second-order valence-electron chi connectivity index (χ2n) is 4.86. The molecule has 0 aromatic heterocycles. The van der Waals surface area contributed by atoms with Gasteiger partial charge in [0, 0.05) is 11.0 Å². The van der Waals surface area contributed by atoms with Crippen molar-refractivity contribution in [2.45, 2.75) is 26.5 Å². The van der Waals surface area contributed by atoms with Crippen molar-refractivity contribution in [1.29, 1.82) is 0 Å². The lowest BCUT2D eigenvalue weighted by Gasteiger charge is -2.10. The fourth-order valence-corrected chi connectivity index (χ4v) is 2.73. The summed E-state index contributed by atoms with van der Waals surface area (Å²) in [5, 5.41) is 3.40. The first-order valence-corrected chi connectivity index (χ1v) is 8.64. The van der Waals surface area contributed by atoms with Crippen molar-refractivity contribution in [3.63, 3.8) is 0 Å². The third kappa shape index (κ3) is 5.46. The molecule has 0 aliphatic rings. The van der Waals surface area contributed by atoms with E-state index >= 15 is 0 Å². The average Bonchev–Trinajstić information content (AvgIpc) is 2.48. The molecule has 0 fully saturated rings. The van der Waals surface area contributed by atoms with E-state index in [0.717, 1.165) is 39.8 Å². The summed E-state index contributed by atoms with van der Waals surface area (Å²) in [5.41, 5.74) is 2.41. The molecule has 2 nitrogen and oxygen atoms in total. The molecule has 21 heavy (non-hydrogen) atoms. The summed E-state index contributed by atoms with van der Waals surface area (Å²) in [6.45, 7) is 4.67. The standard InChI is InChI=1S/C17H19Br2NO/c1-2-9-20-11-14-5-8-17(16(19)10-14)21-12-13-3-6-15(18)7-4-13/h3-8,10,20H,2,9,11-12H2,1H3. The maximum atomic E-state index is 5.86. The molecular weight excluding hydrogens is 394 g/mol. The molecule has 0 radical (unpaired) electrons. The summed E-state index contributed by atoms with van der Waals surface area (Å²) in [4.78, 5) is 0. The Bertz CT molecular complexity index is 570. The van der Waals surface area contributed by atoms with Crippen LogP contribution in [0.2, 0.25) is 0 Å². The molecule has 2 aromatic rings. The number of hydrogen-bond acceptors (Lipinski definition) is 2. The second-order valence-corrected chi connectivity index (χ2v) is 6.63. The molecule has 0 bridgehead atoms. The van der Waals surface area contributed by atoms with E-state index in [9.17, 15) is 0 Å². The molecule has 0 spiro atoms. The largest absolute Gasteiger partial charge is 0.488 e. The fraction of sp³-hybridized carbons (Fsp3) is 0.294. The highest BCUT2D eigenvalue weighted by molar-refractivity contribution is 9.10. The lowest BCUT2D eigenvalue weighted by molar-refractivity contribution is 0.304. The molecule has 0 aliphatic carbocycles. The molecule has 0 heterocycles. The van der Waals surface area contributed by atoms with Crippen LogP contribution < -0.4 is 10.1 Å². The van der Waals surface area contributed by atoms with Crippen LogP contribution in [-0.2, 0) is 13.2 Å². The van der Waals surface area contributed by atoms with Gasteiger partial charge in [-0.2, -0.15) is 0 Å². The van der Waals surface area contributed by atoms with Gasteiger partial charge < -0.3 is 10.1 Å². The zero-order valence-corrected chi connectivity index (χ0v) is 15.2. The van der Waals surface area contributed by atoms with Gasteiger partial charge >= 0.3 is 0 Å². The Morgan fingerprint density at radius 1 is 1.00 bits per heavy atom. The van der Waals surface area contributed by atoms with Gasteiger partial charge in [-0.3, -0.25) is 0 Å². The van der Waals surface area contributed by atoms with Gasteiger partial charge in [0.25, 0.3) is 0 Å². The third-order valence-corrected chi connectivity index (χ3v) is 4.21. The summed E-state index contributed by atoms with van der Waals surface area (Å²) < 4.78 is 7.94. The Kier molecular flexibility index (Phi) is 6.74. The van der Waals surface area contributed by atoms with E-state index in [4.69, 9.17) is 4.74 Å². The number of nitrogens with one attached hydrogen (secondary N) is 1. The van der Waals surface area contributed by atoms with Gasteiger partial charge in [0.15, 0.2) is 0 Å². The molecule has 4 heteroatoms. The summed E-state index contributed by atoms with van der Waals surface area (Å²) >= 11 is 7.01. The van der Waals surface area contributed by atoms with Crippen molar-refractivity contribution in [3.05, 3.63) is 62.5 Å². The Balaban J connectivity index is 1.92. The molecule has 0 aliphatic heterocycles. The summed E-state index contributed by atoms with van der Waals surface area (Å²) in [6.07, 6.45) is 1.15. The van der Waals surface area contributed by atoms with E-state index in [2.05, 4.69) is 68.4 Å². The van der Waals surface area contributed by atoms with Crippen molar-refractivity contribution in [2.24, 2.45) is 0 Å². The molecule has 2 rings (SSSR count). The number of hydrogen-bond donors (Lipinski definition) is 1. The second kappa shape index (κ2) is 8.57. The number of benzene rings is 2. The van der Waals surface area contributed by atoms with Gasteiger partial charge in [-0.15, -0.1) is 0 Å². The van der Waals surface area contributed by atoms with E-state index in [1.165, 1.54) is 5.56 Å². The van der Waals surface area contributed by atoms with E-state index < -0.39 is 0 Å². The van der Waals surface area contributed by atoms with Gasteiger partial charge in [-0.05, 0) is 64.3 Å². The monoisotopic (exact) mass is 411 g/mol. The van der Waals surface area contributed by atoms with Crippen LogP contribution in [0.15, 0.2) is 51.4 Å². The molecule has 0 saturated carbocycles. The van der Waals surface area contributed by atoms with Crippen molar-refractivity contribution < 1.29 is 4.74 Å². The molecule has 0 amide bonds. The molecular formula is C17H19Br2NO. The summed E-state index contributed by atoms with van der Waals surface area (Å²) in [7, 11) is 0. The van der Waals surface area contributed by atoms with Crippen molar-refractivity contribution in [1.82, 2.24) is 5.32 Å². The van der Waals surface area contributed by atoms with E-state index in [0.29, 0.717) is 6.61 Å². The molecule has 1 N–H and O–H groups in total. The van der Waals surface area contributed by atoms with Crippen LogP contribution >= 0.6 is 31.9 Å². The first kappa shape index (κ1) is 16.5. The minimum Gasteiger partial charge on any atom is -0.488 e. The minimum atomic E-state index is 0.569. The highest BCUT2D eigenvalue weighted by Crippen LogP contribution is 2.27.